The highest BCUT2D eigenvalue weighted by Gasteiger charge is 2.11. The van der Waals surface area contributed by atoms with Gasteiger partial charge in [0.2, 0.25) is 0 Å². The van der Waals surface area contributed by atoms with Crippen LogP contribution in [0.3, 0.4) is 0 Å². The molecule has 2 aromatic carbocycles. The van der Waals surface area contributed by atoms with Gasteiger partial charge in [0.1, 0.15) is 17.4 Å². The molecule has 5 nitrogen and oxygen atoms in total. The van der Waals surface area contributed by atoms with Gasteiger partial charge in [-0.05, 0) is 55.5 Å². The largest absolute Gasteiger partial charge is 0.494 e. The lowest BCUT2D eigenvalue weighted by Gasteiger charge is -2.09. The fraction of sp³-hybridized carbons (Fsp3) is 0.100. The Kier molecular flexibility index (Phi) is 5.43. The van der Waals surface area contributed by atoms with Crippen LogP contribution in [0.5, 0.6) is 5.75 Å². The third-order valence-corrected chi connectivity index (χ3v) is 3.58. The minimum atomic E-state index is -0.571. The fourth-order valence-corrected chi connectivity index (χ4v) is 2.34. The van der Waals surface area contributed by atoms with Gasteiger partial charge in [0.25, 0.3) is 5.91 Å². The number of pyridine rings is 1. The SMILES string of the molecule is CCOc1ccc(Nc2ccc(NC(=O)c3ccccc3F)nc2)cc1. The highest BCUT2D eigenvalue weighted by atomic mass is 19.1. The lowest BCUT2D eigenvalue weighted by molar-refractivity contribution is 0.102. The molecule has 0 bridgehead atoms. The first-order chi connectivity index (χ1) is 12.7. The summed E-state index contributed by atoms with van der Waals surface area (Å²) in [4.78, 5) is 16.3. The third kappa shape index (κ3) is 4.36. The number of hydrogen-bond acceptors (Lipinski definition) is 4. The first-order valence-electron chi connectivity index (χ1n) is 8.17. The summed E-state index contributed by atoms with van der Waals surface area (Å²) in [5.74, 6) is 0.0412. The van der Waals surface area contributed by atoms with Crippen molar-refractivity contribution in [3.63, 3.8) is 0 Å². The second-order valence-electron chi connectivity index (χ2n) is 5.45. The lowest BCUT2D eigenvalue weighted by Crippen LogP contribution is -2.14. The Labute approximate surface area is 150 Å². The Morgan fingerprint density at radius 3 is 2.42 bits per heavy atom. The predicted molar refractivity (Wildman–Crippen MR) is 99.5 cm³/mol. The summed E-state index contributed by atoms with van der Waals surface area (Å²) in [6, 6.07) is 16.8. The van der Waals surface area contributed by atoms with Gasteiger partial charge in [-0.1, -0.05) is 12.1 Å². The average Bonchev–Trinajstić information content (AvgIpc) is 2.65. The van der Waals surface area contributed by atoms with Crippen LogP contribution in [0.4, 0.5) is 21.6 Å². The zero-order valence-corrected chi connectivity index (χ0v) is 14.2. The molecule has 0 aliphatic heterocycles. The number of anilines is 3. The molecule has 1 amide bonds. The van der Waals surface area contributed by atoms with Crippen LogP contribution in [-0.4, -0.2) is 17.5 Å². The van der Waals surface area contributed by atoms with Gasteiger partial charge in [-0.2, -0.15) is 0 Å². The van der Waals surface area contributed by atoms with Crippen LogP contribution in [0.25, 0.3) is 0 Å². The number of carbonyl (C=O) groups excluding carboxylic acids is 1. The number of nitrogens with one attached hydrogen (secondary N) is 2. The standard InChI is InChI=1S/C20H18FN3O2/c1-2-26-16-10-7-14(8-11-16)23-15-9-12-19(22-13-15)24-20(25)17-5-3-4-6-18(17)21/h3-13,23H,2H2,1H3,(H,22,24,25). The number of carbonyl (C=O) groups is 1. The Hall–Kier alpha value is -3.41. The molecule has 0 unspecified atom stereocenters. The molecule has 26 heavy (non-hydrogen) atoms. The van der Waals surface area contributed by atoms with Crippen molar-refractivity contribution in [2.45, 2.75) is 6.92 Å². The molecule has 0 fully saturated rings. The Morgan fingerprint density at radius 2 is 1.77 bits per heavy atom. The molecule has 132 valence electrons. The molecule has 0 saturated carbocycles. The topological polar surface area (TPSA) is 63.2 Å². The van der Waals surface area contributed by atoms with Crippen molar-refractivity contribution in [3.05, 3.63) is 78.2 Å². The summed E-state index contributed by atoms with van der Waals surface area (Å²) in [5.41, 5.74) is 1.63. The van der Waals surface area contributed by atoms with Crippen molar-refractivity contribution >= 4 is 23.1 Å². The minimum Gasteiger partial charge on any atom is -0.494 e. The molecular formula is C20H18FN3O2. The number of amides is 1. The number of hydrogen-bond donors (Lipinski definition) is 2. The van der Waals surface area contributed by atoms with Crippen molar-refractivity contribution < 1.29 is 13.9 Å². The Balaban J connectivity index is 1.63. The van der Waals surface area contributed by atoms with E-state index in [1.807, 2.05) is 31.2 Å². The molecule has 0 spiro atoms. The Bertz CT molecular complexity index is 880. The van der Waals surface area contributed by atoms with E-state index >= 15 is 0 Å². The van der Waals surface area contributed by atoms with E-state index in [-0.39, 0.29) is 5.56 Å². The van der Waals surface area contributed by atoms with Gasteiger partial charge < -0.3 is 15.4 Å². The van der Waals surface area contributed by atoms with Gasteiger partial charge in [0, 0.05) is 5.69 Å². The lowest BCUT2D eigenvalue weighted by atomic mass is 10.2. The van der Waals surface area contributed by atoms with E-state index in [0.29, 0.717) is 12.4 Å². The summed E-state index contributed by atoms with van der Waals surface area (Å²) >= 11 is 0. The molecular weight excluding hydrogens is 333 g/mol. The monoisotopic (exact) mass is 351 g/mol. The van der Waals surface area contributed by atoms with Crippen molar-refractivity contribution in [1.82, 2.24) is 4.98 Å². The van der Waals surface area contributed by atoms with Crippen LogP contribution >= 0.6 is 0 Å². The Morgan fingerprint density at radius 1 is 1.04 bits per heavy atom. The van der Waals surface area contributed by atoms with Crippen LogP contribution in [0, 0.1) is 5.82 Å². The smallest absolute Gasteiger partial charge is 0.259 e. The number of ether oxygens (including phenoxy) is 1. The molecule has 0 radical (unpaired) electrons. The van der Waals surface area contributed by atoms with Gasteiger partial charge in [-0.3, -0.25) is 4.79 Å². The van der Waals surface area contributed by atoms with Crippen LogP contribution in [-0.2, 0) is 0 Å². The number of benzene rings is 2. The molecule has 0 aliphatic carbocycles. The predicted octanol–water partition coefficient (Wildman–Crippen LogP) is 4.62. The summed E-state index contributed by atoms with van der Waals surface area (Å²) in [7, 11) is 0. The van der Waals surface area contributed by atoms with E-state index in [1.54, 1.807) is 24.4 Å². The van der Waals surface area contributed by atoms with Crippen LogP contribution in [0.1, 0.15) is 17.3 Å². The maximum atomic E-state index is 13.6. The van der Waals surface area contributed by atoms with E-state index in [9.17, 15) is 9.18 Å². The highest BCUT2D eigenvalue weighted by Crippen LogP contribution is 2.20. The summed E-state index contributed by atoms with van der Waals surface area (Å²) in [5, 5.41) is 5.78. The first-order valence-corrected chi connectivity index (χ1v) is 8.17. The fourth-order valence-electron chi connectivity index (χ4n) is 2.34. The van der Waals surface area contributed by atoms with E-state index in [0.717, 1.165) is 17.1 Å². The van der Waals surface area contributed by atoms with Crippen LogP contribution < -0.4 is 15.4 Å². The third-order valence-electron chi connectivity index (χ3n) is 3.58. The van der Waals surface area contributed by atoms with Gasteiger partial charge in [-0.15, -0.1) is 0 Å². The maximum Gasteiger partial charge on any atom is 0.259 e. The highest BCUT2D eigenvalue weighted by molar-refractivity contribution is 6.03. The molecule has 3 rings (SSSR count). The number of aromatic nitrogens is 1. The number of halogens is 1. The molecule has 1 aromatic heterocycles. The van der Waals surface area contributed by atoms with Crippen molar-refractivity contribution in [2.24, 2.45) is 0 Å². The van der Waals surface area contributed by atoms with E-state index < -0.39 is 11.7 Å². The maximum absolute atomic E-state index is 13.6. The number of nitrogens with zero attached hydrogens (tertiary/aromatic N) is 1. The molecule has 0 atom stereocenters. The molecule has 0 saturated heterocycles. The summed E-state index contributed by atoms with van der Waals surface area (Å²) in [6.07, 6.45) is 1.59. The van der Waals surface area contributed by atoms with Gasteiger partial charge in [0.15, 0.2) is 0 Å². The quantitative estimate of drug-likeness (QED) is 0.680. The van der Waals surface area contributed by atoms with Crippen LogP contribution in [0.2, 0.25) is 0 Å². The zero-order chi connectivity index (χ0) is 18.4. The second kappa shape index (κ2) is 8.11. The van der Waals surface area contributed by atoms with Crippen molar-refractivity contribution in [1.29, 1.82) is 0 Å². The first kappa shape index (κ1) is 17.4. The minimum absolute atomic E-state index is 0.0223. The van der Waals surface area contributed by atoms with E-state index in [4.69, 9.17) is 4.74 Å². The van der Waals surface area contributed by atoms with Crippen molar-refractivity contribution in [2.75, 3.05) is 17.2 Å². The summed E-state index contributed by atoms with van der Waals surface area (Å²) in [6.45, 7) is 2.56. The average molecular weight is 351 g/mol. The van der Waals surface area contributed by atoms with E-state index in [2.05, 4.69) is 15.6 Å². The molecule has 6 heteroatoms. The van der Waals surface area contributed by atoms with E-state index in [1.165, 1.54) is 18.2 Å². The molecule has 2 N–H and O–H groups in total. The molecule has 3 aromatic rings. The molecule has 0 aliphatic rings. The zero-order valence-electron chi connectivity index (χ0n) is 14.2. The van der Waals surface area contributed by atoms with Crippen LogP contribution in [0.15, 0.2) is 66.9 Å². The van der Waals surface area contributed by atoms with Crippen molar-refractivity contribution in [3.8, 4) is 5.75 Å². The second-order valence-corrected chi connectivity index (χ2v) is 5.45. The van der Waals surface area contributed by atoms with Gasteiger partial charge in [-0.25, -0.2) is 9.37 Å². The normalized spacial score (nSPS) is 10.2. The van der Waals surface area contributed by atoms with Gasteiger partial charge >= 0.3 is 0 Å². The molecule has 1 heterocycles. The van der Waals surface area contributed by atoms with Gasteiger partial charge in [0.05, 0.1) is 24.1 Å². The summed E-state index contributed by atoms with van der Waals surface area (Å²) < 4.78 is 19.0. The number of rotatable bonds is 6.